The normalized spacial score (nSPS) is 18.2. The van der Waals surface area contributed by atoms with Crippen LogP contribution < -0.4 is 5.32 Å². The number of piperidine rings is 1. The Morgan fingerprint density at radius 2 is 2.00 bits per heavy atom. The number of hydrogen-bond acceptors (Lipinski definition) is 5. The van der Waals surface area contributed by atoms with Crippen molar-refractivity contribution in [1.82, 2.24) is 20.4 Å². The Morgan fingerprint density at radius 3 is 2.70 bits per heavy atom. The molecule has 0 aliphatic carbocycles. The van der Waals surface area contributed by atoms with Gasteiger partial charge in [0.1, 0.15) is 11.3 Å². The number of aryl methyl sites for hydroxylation is 2. The quantitative estimate of drug-likeness (QED) is 0.619. The third-order valence-electron chi connectivity index (χ3n) is 6.45. The zero-order chi connectivity index (χ0) is 23.4. The van der Waals surface area contributed by atoms with Gasteiger partial charge in [0.25, 0.3) is 5.91 Å². The fraction of sp³-hybridized carbons (Fsp3) is 0.385. The van der Waals surface area contributed by atoms with E-state index < -0.39 is 5.41 Å². The fourth-order valence-electron chi connectivity index (χ4n) is 4.85. The smallest absolute Gasteiger partial charge is 0.259 e. The van der Waals surface area contributed by atoms with Crippen LogP contribution in [-0.4, -0.2) is 46.5 Å². The molecule has 0 bridgehead atoms. The number of nitrogens with one attached hydrogen (secondary N) is 1. The summed E-state index contributed by atoms with van der Waals surface area (Å²) < 4.78 is 5.22. The second kappa shape index (κ2) is 9.57. The molecule has 1 atom stereocenters. The maximum Gasteiger partial charge on any atom is 0.259 e. The van der Waals surface area contributed by atoms with Crippen LogP contribution in [-0.2, 0) is 11.2 Å². The van der Waals surface area contributed by atoms with Crippen molar-refractivity contribution in [2.75, 3.05) is 19.6 Å². The first kappa shape index (κ1) is 22.7. The third kappa shape index (κ3) is 4.53. The Morgan fingerprint density at radius 1 is 1.18 bits per heavy atom. The highest BCUT2D eigenvalue weighted by atomic mass is 16.5. The minimum atomic E-state index is -0.721. The minimum Gasteiger partial charge on any atom is -0.361 e. The predicted molar refractivity (Wildman–Crippen MR) is 126 cm³/mol. The van der Waals surface area contributed by atoms with Crippen molar-refractivity contribution >= 4 is 11.8 Å². The molecule has 0 radical (unpaired) electrons. The molecule has 2 amide bonds. The lowest BCUT2D eigenvalue weighted by Gasteiger charge is -2.42. The van der Waals surface area contributed by atoms with Crippen LogP contribution in [0.4, 0.5) is 0 Å². The minimum absolute atomic E-state index is 0.0118. The number of rotatable bonds is 6. The average Bonchev–Trinajstić information content (AvgIpc) is 3.17. The van der Waals surface area contributed by atoms with Crippen LogP contribution in [0.3, 0.4) is 0 Å². The van der Waals surface area contributed by atoms with E-state index in [1.165, 1.54) is 0 Å². The molecular weight excluding hydrogens is 416 g/mol. The van der Waals surface area contributed by atoms with Crippen molar-refractivity contribution in [3.63, 3.8) is 0 Å². The van der Waals surface area contributed by atoms with Crippen molar-refractivity contribution < 1.29 is 14.1 Å². The number of likely N-dealkylation sites (tertiary alicyclic amines) is 1. The summed E-state index contributed by atoms with van der Waals surface area (Å²) in [6, 6.07) is 12.1. The highest BCUT2D eigenvalue weighted by Crippen LogP contribution is 2.38. The Balaban J connectivity index is 1.70. The van der Waals surface area contributed by atoms with E-state index in [0.29, 0.717) is 49.5 Å². The molecule has 1 aromatic carbocycles. The molecule has 1 fully saturated rings. The molecule has 1 aliphatic rings. The second-order valence-corrected chi connectivity index (χ2v) is 8.74. The van der Waals surface area contributed by atoms with Gasteiger partial charge in [0.15, 0.2) is 0 Å². The molecule has 7 nitrogen and oxygen atoms in total. The maximum atomic E-state index is 13.5. The molecule has 0 spiro atoms. The highest BCUT2D eigenvalue weighted by molar-refractivity contribution is 5.97. The standard InChI is InChI=1S/C26H30N4O3/c1-4-28-25(32)26(15-20-9-5-6-11-22(20)21-10-7-13-27-16-21)12-8-14-30(17-26)24(31)23-18(2)29-33-19(23)3/h5-7,9-11,13,16H,4,8,12,14-15,17H2,1-3H3,(H,28,32)/t26-/m0/s1. The number of carbonyl (C=O) groups is 2. The van der Waals surface area contributed by atoms with Gasteiger partial charge in [-0.15, -0.1) is 0 Å². The van der Waals surface area contributed by atoms with Crippen molar-refractivity contribution in [2.45, 2.75) is 40.0 Å². The van der Waals surface area contributed by atoms with Crippen molar-refractivity contribution in [2.24, 2.45) is 5.41 Å². The first-order valence-corrected chi connectivity index (χ1v) is 11.4. The summed E-state index contributed by atoms with van der Waals surface area (Å²) in [6.07, 6.45) is 5.59. The van der Waals surface area contributed by atoms with Gasteiger partial charge < -0.3 is 14.7 Å². The summed E-state index contributed by atoms with van der Waals surface area (Å²) in [6.45, 7) is 6.94. The average molecular weight is 447 g/mol. The van der Waals surface area contributed by atoms with Crippen LogP contribution in [0.15, 0.2) is 53.3 Å². The lowest BCUT2D eigenvalue weighted by Crippen LogP contribution is -2.54. The number of nitrogens with zero attached hydrogens (tertiary/aromatic N) is 3. The van der Waals surface area contributed by atoms with Crippen LogP contribution in [0.25, 0.3) is 11.1 Å². The number of aromatic nitrogens is 2. The van der Waals surface area contributed by atoms with Crippen LogP contribution in [0.5, 0.6) is 0 Å². The van der Waals surface area contributed by atoms with Gasteiger partial charge in [0, 0.05) is 37.6 Å². The molecule has 4 rings (SSSR count). The Kier molecular flexibility index (Phi) is 6.58. The molecule has 1 N–H and O–H groups in total. The Bertz CT molecular complexity index is 1120. The van der Waals surface area contributed by atoms with E-state index in [1.807, 2.05) is 37.4 Å². The van der Waals surface area contributed by atoms with Gasteiger partial charge in [0.2, 0.25) is 5.91 Å². The van der Waals surface area contributed by atoms with Crippen molar-refractivity contribution in [1.29, 1.82) is 0 Å². The van der Waals surface area contributed by atoms with Crippen LogP contribution in [0.1, 0.15) is 47.1 Å². The van der Waals surface area contributed by atoms with E-state index in [1.54, 1.807) is 24.9 Å². The van der Waals surface area contributed by atoms with Crippen molar-refractivity contribution in [3.05, 3.63) is 71.4 Å². The summed E-state index contributed by atoms with van der Waals surface area (Å²) in [5.41, 5.74) is 3.50. The molecular formula is C26H30N4O3. The summed E-state index contributed by atoms with van der Waals surface area (Å²) >= 11 is 0. The van der Waals surface area contributed by atoms with Gasteiger partial charge in [-0.05, 0) is 57.2 Å². The number of hydrogen-bond donors (Lipinski definition) is 1. The molecule has 1 aliphatic heterocycles. The van der Waals surface area contributed by atoms with Gasteiger partial charge in [-0.2, -0.15) is 0 Å². The zero-order valence-corrected chi connectivity index (χ0v) is 19.4. The fourth-order valence-corrected chi connectivity index (χ4v) is 4.85. The maximum absolute atomic E-state index is 13.5. The molecule has 3 aromatic rings. The lowest BCUT2D eigenvalue weighted by molar-refractivity contribution is -0.133. The Hall–Kier alpha value is -3.48. The first-order valence-electron chi connectivity index (χ1n) is 11.4. The predicted octanol–water partition coefficient (Wildman–Crippen LogP) is 3.95. The van der Waals surface area contributed by atoms with E-state index in [-0.39, 0.29) is 11.8 Å². The SMILES string of the molecule is CCNC(=O)[C@]1(Cc2ccccc2-c2cccnc2)CCCN(C(=O)c2c(C)noc2C)C1. The van der Waals surface area contributed by atoms with E-state index in [2.05, 4.69) is 27.6 Å². The first-order chi connectivity index (χ1) is 15.9. The molecule has 172 valence electrons. The van der Waals surface area contributed by atoms with Crippen LogP contribution >= 0.6 is 0 Å². The number of carbonyl (C=O) groups excluding carboxylic acids is 2. The molecule has 33 heavy (non-hydrogen) atoms. The largest absolute Gasteiger partial charge is 0.361 e. The topological polar surface area (TPSA) is 88.3 Å². The van der Waals surface area contributed by atoms with Crippen LogP contribution in [0.2, 0.25) is 0 Å². The van der Waals surface area contributed by atoms with Gasteiger partial charge in [0.05, 0.1) is 11.1 Å². The zero-order valence-electron chi connectivity index (χ0n) is 19.4. The van der Waals surface area contributed by atoms with E-state index in [9.17, 15) is 9.59 Å². The molecule has 0 saturated carbocycles. The Labute approximate surface area is 194 Å². The van der Waals surface area contributed by atoms with E-state index in [0.717, 1.165) is 23.1 Å². The summed E-state index contributed by atoms with van der Waals surface area (Å²) in [5.74, 6) is 0.371. The number of amides is 2. The van der Waals surface area contributed by atoms with E-state index in [4.69, 9.17) is 4.52 Å². The second-order valence-electron chi connectivity index (χ2n) is 8.74. The lowest BCUT2D eigenvalue weighted by atomic mass is 9.73. The van der Waals surface area contributed by atoms with Gasteiger partial charge >= 0.3 is 0 Å². The third-order valence-corrected chi connectivity index (χ3v) is 6.45. The monoisotopic (exact) mass is 446 g/mol. The van der Waals surface area contributed by atoms with Crippen LogP contribution in [0, 0.1) is 19.3 Å². The number of pyridine rings is 1. The molecule has 2 aromatic heterocycles. The van der Waals surface area contributed by atoms with Crippen molar-refractivity contribution in [3.8, 4) is 11.1 Å². The van der Waals surface area contributed by atoms with Gasteiger partial charge in [-0.1, -0.05) is 35.5 Å². The van der Waals surface area contributed by atoms with E-state index >= 15 is 0 Å². The summed E-state index contributed by atoms with van der Waals surface area (Å²) in [7, 11) is 0. The summed E-state index contributed by atoms with van der Waals surface area (Å²) in [4.78, 5) is 32.9. The number of benzene rings is 1. The van der Waals surface area contributed by atoms with Gasteiger partial charge in [-0.3, -0.25) is 14.6 Å². The molecule has 7 heteroatoms. The molecule has 0 unspecified atom stereocenters. The summed E-state index contributed by atoms with van der Waals surface area (Å²) in [5, 5.41) is 6.97. The highest BCUT2D eigenvalue weighted by Gasteiger charge is 2.44. The molecule has 3 heterocycles. The van der Waals surface area contributed by atoms with Gasteiger partial charge in [-0.25, -0.2) is 0 Å². The molecule has 1 saturated heterocycles.